The lowest BCUT2D eigenvalue weighted by molar-refractivity contribution is -0.0687. The number of benzene rings is 1. The van der Waals surface area contributed by atoms with Gasteiger partial charge in [-0.1, -0.05) is 19.9 Å². The largest absolute Gasteiger partial charge is 0.497 e. The van der Waals surface area contributed by atoms with Crippen LogP contribution in [0.5, 0.6) is 5.75 Å². The molecule has 3 saturated carbocycles. The molecule has 0 heterocycles. The summed E-state index contributed by atoms with van der Waals surface area (Å²) in [6.07, 6.45) is 5.99. The van der Waals surface area contributed by atoms with Gasteiger partial charge >= 0.3 is 0 Å². The Labute approximate surface area is 139 Å². The van der Waals surface area contributed by atoms with Gasteiger partial charge in [0.1, 0.15) is 5.75 Å². The third-order valence-electron chi connectivity index (χ3n) is 8.37. The van der Waals surface area contributed by atoms with Crippen LogP contribution >= 0.6 is 0 Å². The summed E-state index contributed by atoms with van der Waals surface area (Å²) in [5, 5.41) is 10.7. The van der Waals surface area contributed by atoms with Crippen molar-refractivity contribution in [3.63, 3.8) is 0 Å². The van der Waals surface area contributed by atoms with E-state index in [0.29, 0.717) is 11.3 Å². The molecule has 0 bridgehead atoms. The summed E-state index contributed by atoms with van der Waals surface area (Å²) < 4.78 is 5.45. The van der Waals surface area contributed by atoms with Crippen LogP contribution in [0.25, 0.3) is 0 Å². The van der Waals surface area contributed by atoms with E-state index in [-0.39, 0.29) is 11.5 Å². The molecule has 0 saturated heterocycles. The van der Waals surface area contributed by atoms with Crippen molar-refractivity contribution in [1.82, 2.24) is 0 Å². The van der Waals surface area contributed by atoms with Crippen LogP contribution in [-0.2, 0) is 6.42 Å². The van der Waals surface area contributed by atoms with Crippen molar-refractivity contribution in [1.29, 1.82) is 0 Å². The van der Waals surface area contributed by atoms with Crippen molar-refractivity contribution in [3.8, 4) is 5.75 Å². The molecule has 0 aromatic heterocycles. The van der Waals surface area contributed by atoms with Crippen LogP contribution in [0.4, 0.5) is 0 Å². The highest BCUT2D eigenvalue weighted by molar-refractivity contribution is 5.43. The van der Waals surface area contributed by atoms with E-state index in [0.717, 1.165) is 29.9 Å². The third kappa shape index (κ3) is 1.54. The molecule has 5 rings (SSSR count). The highest BCUT2D eigenvalue weighted by atomic mass is 16.5. The van der Waals surface area contributed by atoms with Crippen molar-refractivity contribution in [3.05, 3.63) is 29.3 Å². The zero-order valence-corrected chi connectivity index (χ0v) is 14.5. The van der Waals surface area contributed by atoms with Crippen LogP contribution in [0.1, 0.15) is 56.6 Å². The van der Waals surface area contributed by atoms with E-state index in [2.05, 4.69) is 32.0 Å². The lowest BCUT2D eigenvalue weighted by Gasteiger charge is -2.55. The fourth-order valence-electron chi connectivity index (χ4n) is 7.34. The summed E-state index contributed by atoms with van der Waals surface area (Å²) in [5.74, 6) is 3.97. The smallest absolute Gasteiger partial charge is 0.119 e. The first-order valence-electron chi connectivity index (χ1n) is 9.36. The van der Waals surface area contributed by atoms with Crippen LogP contribution in [0, 0.1) is 28.6 Å². The lowest BCUT2D eigenvalue weighted by atomic mass is 9.50. The standard InChI is InChI=1S/C21H28O2/c1-12-8-13-9-15(23-3)4-5-16(13)17-6-7-20(2)18(22)10-14-11-21(14,20)19(12)17/h4-5,9,12,14,17-19,22H,6-8,10-11H2,1-3H3/t12-,14+,17-,18+,19-,20-,21-/m1/s1. The fourth-order valence-corrected chi connectivity index (χ4v) is 7.34. The maximum atomic E-state index is 10.7. The molecule has 1 aromatic carbocycles. The molecule has 4 aliphatic rings. The van der Waals surface area contributed by atoms with Crippen LogP contribution in [0.2, 0.25) is 0 Å². The van der Waals surface area contributed by atoms with E-state index < -0.39 is 0 Å². The predicted octanol–water partition coefficient (Wildman–Crippen LogP) is 4.16. The summed E-state index contributed by atoms with van der Waals surface area (Å²) in [5.41, 5.74) is 3.70. The Kier molecular flexibility index (Phi) is 2.70. The number of ether oxygens (including phenoxy) is 1. The van der Waals surface area contributed by atoms with Crippen LogP contribution in [0.15, 0.2) is 18.2 Å². The van der Waals surface area contributed by atoms with Gasteiger partial charge in [-0.25, -0.2) is 0 Å². The Morgan fingerprint density at radius 3 is 2.91 bits per heavy atom. The highest BCUT2D eigenvalue weighted by Crippen LogP contribution is 2.82. The Balaban J connectivity index is 1.60. The van der Waals surface area contributed by atoms with Crippen molar-refractivity contribution in [2.75, 3.05) is 7.11 Å². The van der Waals surface area contributed by atoms with E-state index in [1.54, 1.807) is 12.7 Å². The number of aliphatic hydroxyl groups is 1. The van der Waals surface area contributed by atoms with Gasteiger partial charge in [0.05, 0.1) is 13.2 Å². The maximum absolute atomic E-state index is 10.7. The second-order valence-corrected chi connectivity index (χ2v) is 9.03. The van der Waals surface area contributed by atoms with Gasteiger partial charge in [0.25, 0.3) is 0 Å². The van der Waals surface area contributed by atoms with Gasteiger partial charge in [-0.05, 0) is 89.9 Å². The van der Waals surface area contributed by atoms with Crippen LogP contribution in [-0.4, -0.2) is 18.3 Å². The van der Waals surface area contributed by atoms with E-state index in [4.69, 9.17) is 4.74 Å². The van der Waals surface area contributed by atoms with E-state index in [1.165, 1.54) is 31.2 Å². The molecule has 1 aromatic rings. The second kappa shape index (κ2) is 4.33. The molecule has 7 atom stereocenters. The molecule has 1 N–H and O–H groups in total. The lowest BCUT2D eigenvalue weighted by Crippen LogP contribution is -2.50. The van der Waals surface area contributed by atoms with Gasteiger partial charge in [-0.2, -0.15) is 0 Å². The Hall–Kier alpha value is -1.02. The Morgan fingerprint density at radius 1 is 1.30 bits per heavy atom. The minimum atomic E-state index is -0.0633. The average Bonchev–Trinajstić information content (AvgIpc) is 3.19. The molecule has 0 aliphatic heterocycles. The van der Waals surface area contributed by atoms with Crippen LogP contribution < -0.4 is 4.74 Å². The zero-order chi connectivity index (χ0) is 16.0. The number of rotatable bonds is 1. The molecule has 1 spiro atoms. The zero-order valence-electron chi connectivity index (χ0n) is 14.5. The van der Waals surface area contributed by atoms with Gasteiger partial charge in [0, 0.05) is 0 Å². The summed E-state index contributed by atoms with van der Waals surface area (Å²) >= 11 is 0. The average molecular weight is 312 g/mol. The third-order valence-corrected chi connectivity index (χ3v) is 8.37. The quantitative estimate of drug-likeness (QED) is 0.844. The number of hydrogen-bond donors (Lipinski definition) is 1. The number of hydrogen-bond acceptors (Lipinski definition) is 2. The van der Waals surface area contributed by atoms with Crippen molar-refractivity contribution < 1.29 is 9.84 Å². The highest BCUT2D eigenvalue weighted by Gasteiger charge is 2.77. The number of methoxy groups -OCH3 is 1. The van der Waals surface area contributed by atoms with Gasteiger partial charge in [-0.15, -0.1) is 0 Å². The molecular formula is C21H28O2. The van der Waals surface area contributed by atoms with Gasteiger partial charge in [0.2, 0.25) is 0 Å². The maximum Gasteiger partial charge on any atom is 0.119 e. The summed E-state index contributed by atoms with van der Waals surface area (Å²) in [6.45, 7) is 4.86. The fraction of sp³-hybridized carbons (Fsp3) is 0.714. The van der Waals surface area contributed by atoms with Crippen LogP contribution in [0.3, 0.4) is 0 Å². The molecule has 3 fully saturated rings. The molecule has 124 valence electrons. The molecular weight excluding hydrogens is 284 g/mol. The summed E-state index contributed by atoms with van der Waals surface area (Å²) in [7, 11) is 1.76. The Morgan fingerprint density at radius 2 is 2.13 bits per heavy atom. The first kappa shape index (κ1) is 14.3. The number of fused-ring (bicyclic) bond motifs is 3. The molecule has 23 heavy (non-hydrogen) atoms. The first-order chi connectivity index (χ1) is 11.0. The molecule has 0 amide bonds. The second-order valence-electron chi connectivity index (χ2n) is 9.03. The van der Waals surface area contributed by atoms with E-state index >= 15 is 0 Å². The predicted molar refractivity (Wildman–Crippen MR) is 90.6 cm³/mol. The monoisotopic (exact) mass is 312 g/mol. The first-order valence-corrected chi connectivity index (χ1v) is 9.36. The summed E-state index contributed by atoms with van der Waals surface area (Å²) in [6, 6.07) is 6.74. The minimum absolute atomic E-state index is 0.0633. The van der Waals surface area contributed by atoms with Gasteiger partial charge in [0.15, 0.2) is 0 Å². The van der Waals surface area contributed by atoms with Crippen molar-refractivity contribution in [2.45, 2.75) is 58.0 Å². The molecule has 4 aliphatic carbocycles. The molecule has 2 nitrogen and oxygen atoms in total. The Bertz CT molecular complexity index is 668. The minimum Gasteiger partial charge on any atom is -0.497 e. The normalized spacial score (nSPS) is 49.7. The molecule has 0 unspecified atom stereocenters. The van der Waals surface area contributed by atoms with E-state index in [9.17, 15) is 5.11 Å². The molecule has 0 radical (unpaired) electrons. The molecule has 2 heteroatoms. The van der Waals surface area contributed by atoms with Gasteiger partial charge < -0.3 is 9.84 Å². The van der Waals surface area contributed by atoms with E-state index in [1.807, 2.05) is 0 Å². The topological polar surface area (TPSA) is 29.5 Å². The summed E-state index contributed by atoms with van der Waals surface area (Å²) in [4.78, 5) is 0. The van der Waals surface area contributed by atoms with Gasteiger partial charge in [-0.3, -0.25) is 0 Å². The van der Waals surface area contributed by atoms with Crippen molar-refractivity contribution >= 4 is 0 Å². The SMILES string of the molecule is COc1ccc2c(c1)C[C@@H](C)[C@@H]1[C@@H]2CC[C@]2(C)[C@@H](O)C[C@H]3C[C@@]312. The van der Waals surface area contributed by atoms with Crippen molar-refractivity contribution in [2.24, 2.45) is 28.6 Å². The number of aliphatic hydroxyl groups excluding tert-OH is 1.